The number of carbonyl (C=O) groups is 1. The van der Waals surface area contributed by atoms with Crippen LogP contribution >= 0.6 is 0 Å². The number of nitrogens with two attached hydrogens (primary N) is 1. The van der Waals surface area contributed by atoms with E-state index in [-0.39, 0.29) is 17.9 Å². The van der Waals surface area contributed by atoms with E-state index in [2.05, 4.69) is 29.4 Å². The Labute approximate surface area is 121 Å². The van der Waals surface area contributed by atoms with E-state index >= 15 is 0 Å². The molecular weight excluding hydrogens is 252 g/mol. The molecule has 1 amide bonds. The molecule has 0 bridgehead atoms. The van der Waals surface area contributed by atoms with Crippen molar-refractivity contribution in [1.29, 1.82) is 0 Å². The molecule has 0 fully saturated rings. The highest BCUT2D eigenvalue weighted by molar-refractivity contribution is 5.97. The van der Waals surface area contributed by atoms with Gasteiger partial charge in [0.05, 0.1) is 11.4 Å². The maximum atomic E-state index is 12.3. The number of amides is 1. The van der Waals surface area contributed by atoms with Crippen LogP contribution in [0.15, 0.2) is 0 Å². The van der Waals surface area contributed by atoms with Crippen LogP contribution < -0.4 is 11.1 Å². The first-order chi connectivity index (χ1) is 9.51. The van der Waals surface area contributed by atoms with E-state index in [1.54, 1.807) is 0 Å². The lowest BCUT2D eigenvalue weighted by Gasteiger charge is -2.17. The maximum Gasteiger partial charge on any atom is 0.274 e. The van der Waals surface area contributed by atoms with Gasteiger partial charge in [-0.2, -0.15) is 5.10 Å². The number of rotatable bonds is 8. The van der Waals surface area contributed by atoms with Gasteiger partial charge in [-0.25, -0.2) is 0 Å². The highest BCUT2D eigenvalue weighted by Crippen LogP contribution is 2.22. The van der Waals surface area contributed by atoms with E-state index in [9.17, 15) is 4.79 Å². The summed E-state index contributed by atoms with van der Waals surface area (Å²) in [6.07, 6.45) is 5.32. The Morgan fingerprint density at radius 1 is 1.30 bits per heavy atom. The van der Waals surface area contributed by atoms with E-state index in [0.717, 1.165) is 37.8 Å². The number of anilines is 1. The molecule has 0 radical (unpaired) electrons. The van der Waals surface area contributed by atoms with Crippen molar-refractivity contribution >= 4 is 11.6 Å². The summed E-state index contributed by atoms with van der Waals surface area (Å²) < 4.78 is 0. The third-order valence-corrected chi connectivity index (χ3v) is 3.50. The summed E-state index contributed by atoms with van der Waals surface area (Å²) in [5, 5.41) is 10.00. The number of aromatic nitrogens is 2. The van der Waals surface area contributed by atoms with Crippen LogP contribution in [-0.4, -0.2) is 22.1 Å². The number of aromatic amines is 1. The quantitative estimate of drug-likeness (QED) is 0.683. The lowest BCUT2D eigenvalue weighted by Crippen LogP contribution is -2.35. The molecular formula is C15H28N4O. The van der Waals surface area contributed by atoms with E-state index in [4.69, 9.17) is 5.73 Å². The van der Waals surface area contributed by atoms with E-state index in [0.29, 0.717) is 11.4 Å². The molecule has 0 saturated heterocycles. The molecule has 4 N–H and O–H groups in total. The molecule has 5 nitrogen and oxygen atoms in total. The topological polar surface area (TPSA) is 83.8 Å². The molecule has 20 heavy (non-hydrogen) atoms. The van der Waals surface area contributed by atoms with Gasteiger partial charge in [-0.05, 0) is 18.8 Å². The lowest BCUT2D eigenvalue weighted by atomic mass is 10.0. The smallest absolute Gasteiger partial charge is 0.274 e. The van der Waals surface area contributed by atoms with Gasteiger partial charge in [0.25, 0.3) is 5.91 Å². The molecule has 114 valence electrons. The van der Waals surface area contributed by atoms with Crippen molar-refractivity contribution in [2.75, 3.05) is 5.73 Å². The number of hydrogen-bond donors (Lipinski definition) is 3. The predicted octanol–water partition coefficient (Wildman–Crippen LogP) is 3.20. The van der Waals surface area contributed by atoms with E-state index in [1.165, 1.54) is 0 Å². The maximum absolute atomic E-state index is 12.3. The van der Waals surface area contributed by atoms with Crippen LogP contribution in [0.4, 0.5) is 5.69 Å². The molecule has 1 rings (SSSR count). The molecule has 0 saturated carbocycles. The number of H-pyrrole nitrogens is 1. The molecule has 1 aromatic rings. The minimum Gasteiger partial charge on any atom is -0.395 e. The summed E-state index contributed by atoms with van der Waals surface area (Å²) in [5.41, 5.74) is 7.63. The van der Waals surface area contributed by atoms with Gasteiger partial charge in [0.1, 0.15) is 0 Å². The van der Waals surface area contributed by atoms with Gasteiger partial charge in [-0.15, -0.1) is 0 Å². The first-order valence-electron chi connectivity index (χ1n) is 7.65. The Bertz CT molecular complexity index is 426. The fourth-order valence-electron chi connectivity index (χ4n) is 2.32. The molecule has 0 aromatic carbocycles. The second-order valence-corrected chi connectivity index (χ2v) is 5.66. The summed E-state index contributed by atoms with van der Waals surface area (Å²) in [6, 6.07) is 0.214. The van der Waals surface area contributed by atoms with Gasteiger partial charge in [0, 0.05) is 6.04 Å². The van der Waals surface area contributed by atoms with Gasteiger partial charge < -0.3 is 11.1 Å². The van der Waals surface area contributed by atoms with Crippen LogP contribution in [0.2, 0.25) is 0 Å². The monoisotopic (exact) mass is 280 g/mol. The van der Waals surface area contributed by atoms with Crippen LogP contribution in [0.3, 0.4) is 0 Å². The molecule has 0 spiro atoms. The van der Waals surface area contributed by atoms with Crippen molar-refractivity contribution in [3.8, 4) is 0 Å². The van der Waals surface area contributed by atoms with Crippen molar-refractivity contribution in [2.24, 2.45) is 0 Å². The third-order valence-electron chi connectivity index (χ3n) is 3.50. The molecule has 1 atom stereocenters. The van der Waals surface area contributed by atoms with Crippen LogP contribution in [0.1, 0.15) is 81.9 Å². The zero-order valence-corrected chi connectivity index (χ0v) is 13.1. The highest BCUT2D eigenvalue weighted by atomic mass is 16.2. The van der Waals surface area contributed by atoms with Crippen molar-refractivity contribution in [1.82, 2.24) is 15.5 Å². The summed E-state index contributed by atoms with van der Waals surface area (Å²) in [4.78, 5) is 12.3. The predicted molar refractivity (Wildman–Crippen MR) is 82.8 cm³/mol. The standard InChI is InChI=1S/C15H28N4O/c1-5-7-9-11(8-6-2)17-15(20)14-12(16)13(10(3)4)18-19-14/h10-11H,5-9,16H2,1-4H3,(H,17,20)(H,18,19). The first-order valence-corrected chi connectivity index (χ1v) is 7.65. The third kappa shape index (κ3) is 4.25. The normalized spacial score (nSPS) is 12.7. The van der Waals surface area contributed by atoms with Gasteiger partial charge in [-0.1, -0.05) is 47.0 Å². The van der Waals surface area contributed by atoms with Gasteiger partial charge in [0.15, 0.2) is 5.69 Å². The number of unbranched alkanes of at least 4 members (excludes halogenated alkanes) is 1. The van der Waals surface area contributed by atoms with Crippen LogP contribution in [0.25, 0.3) is 0 Å². The van der Waals surface area contributed by atoms with Crippen molar-refractivity contribution in [3.63, 3.8) is 0 Å². The molecule has 0 aliphatic heterocycles. The molecule has 0 aliphatic rings. The highest BCUT2D eigenvalue weighted by Gasteiger charge is 2.20. The van der Waals surface area contributed by atoms with Crippen molar-refractivity contribution in [2.45, 2.75) is 71.8 Å². The Hall–Kier alpha value is -1.52. The summed E-state index contributed by atoms with van der Waals surface area (Å²) in [5.74, 6) is 0.0655. The minimum absolute atomic E-state index is 0.166. The average Bonchev–Trinajstić information content (AvgIpc) is 2.78. The lowest BCUT2D eigenvalue weighted by molar-refractivity contribution is 0.0928. The largest absolute Gasteiger partial charge is 0.395 e. The number of hydrogen-bond acceptors (Lipinski definition) is 3. The molecule has 0 aliphatic carbocycles. The fourth-order valence-corrected chi connectivity index (χ4v) is 2.32. The van der Waals surface area contributed by atoms with Crippen molar-refractivity contribution in [3.05, 3.63) is 11.4 Å². The Kier molecular flexibility index (Phi) is 6.55. The number of nitrogens with one attached hydrogen (secondary N) is 2. The van der Waals surface area contributed by atoms with Gasteiger partial charge >= 0.3 is 0 Å². The van der Waals surface area contributed by atoms with E-state index in [1.807, 2.05) is 13.8 Å². The second-order valence-electron chi connectivity index (χ2n) is 5.66. The summed E-state index contributed by atoms with van der Waals surface area (Å²) in [7, 11) is 0. The zero-order valence-electron chi connectivity index (χ0n) is 13.1. The summed E-state index contributed by atoms with van der Waals surface area (Å²) in [6.45, 7) is 8.33. The number of carbonyl (C=O) groups excluding carboxylic acids is 1. The van der Waals surface area contributed by atoms with Crippen LogP contribution in [0.5, 0.6) is 0 Å². The van der Waals surface area contributed by atoms with Gasteiger partial charge in [0.2, 0.25) is 0 Å². The summed E-state index contributed by atoms with van der Waals surface area (Å²) >= 11 is 0. The average molecular weight is 280 g/mol. The zero-order chi connectivity index (χ0) is 15.1. The van der Waals surface area contributed by atoms with Crippen LogP contribution in [-0.2, 0) is 0 Å². The number of nitrogens with zero attached hydrogens (tertiary/aromatic N) is 1. The number of nitrogen functional groups attached to an aromatic ring is 1. The van der Waals surface area contributed by atoms with E-state index < -0.39 is 0 Å². The molecule has 1 unspecified atom stereocenters. The SMILES string of the molecule is CCCCC(CCC)NC(=O)c1n[nH]c(C(C)C)c1N. The minimum atomic E-state index is -0.166. The first kappa shape index (κ1) is 16.5. The molecule has 5 heteroatoms. The van der Waals surface area contributed by atoms with Gasteiger partial charge in [-0.3, -0.25) is 9.89 Å². The van der Waals surface area contributed by atoms with Crippen LogP contribution in [0, 0.1) is 0 Å². The Morgan fingerprint density at radius 2 is 2.00 bits per heavy atom. The second kappa shape index (κ2) is 7.92. The van der Waals surface area contributed by atoms with Crippen molar-refractivity contribution < 1.29 is 4.79 Å². The Balaban J connectivity index is 2.73. The molecule has 1 heterocycles. The Morgan fingerprint density at radius 3 is 2.50 bits per heavy atom. The fraction of sp³-hybridized carbons (Fsp3) is 0.733. The molecule has 1 aromatic heterocycles.